The second-order valence-electron chi connectivity index (χ2n) is 12.1. The molecule has 2 aromatic carbocycles. The van der Waals surface area contributed by atoms with E-state index in [2.05, 4.69) is 31.6 Å². The summed E-state index contributed by atoms with van der Waals surface area (Å²) < 4.78 is 30.2. The Balaban J connectivity index is 1.51. The van der Waals surface area contributed by atoms with Gasteiger partial charge in [-0.05, 0) is 85.2 Å². The first-order valence-electron chi connectivity index (χ1n) is 15.5. The molecule has 0 fully saturated rings. The zero-order valence-electron chi connectivity index (χ0n) is 27.1. The molecule has 6 rings (SSSR count). The van der Waals surface area contributed by atoms with Gasteiger partial charge in [0.1, 0.15) is 5.65 Å². The molecule has 0 aliphatic carbocycles. The SMILES string of the molecule is C=C(SN=C(c1cc2c(-c3cc(F)c4c(c3C)CCCO4)c(CC(=O)O)c(C)nc2n1C)C(C)CC)c1ccc2c(cnn2C)c1. The van der Waals surface area contributed by atoms with Crippen LogP contribution in [-0.4, -0.2) is 42.7 Å². The number of carboxylic acids is 1. The highest BCUT2D eigenvalue weighted by Gasteiger charge is 2.27. The summed E-state index contributed by atoms with van der Waals surface area (Å²) in [5.74, 6) is -1.000. The molecular weight excluding hydrogens is 601 g/mol. The van der Waals surface area contributed by atoms with Gasteiger partial charge in [-0.3, -0.25) is 9.48 Å². The van der Waals surface area contributed by atoms with Crippen molar-refractivity contribution in [1.29, 1.82) is 0 Å². The van der Waals surface area contributed by atoms with Crippen LogP contribution in [0, 0.1) is 25.6 Å². The summed E-state index contributed by atoms with van der Waals surface area (Å²) >= 11 is 1.34. The van der Waals surface area contributed by atoms with Crippen LogP contribution in [0.15, 0.2) is 47.5 Å². The minimum atomic E-state index is -0.970. The Kier molecular flexibility index (Phi) is 8.50. The van der Waals surface area contributed by atoms with Gasteiger partial charge in [-0.2, -0.15) is 5.10 Å². The molecule has 238 valence electrons. The molecule has 4 heterocycles. The summed E-state index contributed by atoms with van der Waals surface area (Å²) in [5, 5.41) is 16.1. The highest BCUT2D eigenvalue weighted by molar-refractivity contribution is 8.07. The Morgan fingerprint density at radius 1 is 1.24 bits per heavy atom. The smallest absolute Gasteiger partial charge is 0.307 e. The maximum atomic E-state index is 15.6. The van der Waals surface area contributed by atoms with Crippen molar-refractivity contribution in [2.75, 3.05) is 6.61 Å². The lowest BCUT2D eigenvalue weighted by Crippen LogP contribution is -2.15. The largest absolute Gasteiger partial charge is 0.490 e. The number of carbonyl (C=O) groups is 1. The van der Waals surface area contributed by atoms with E-state index in [1.807, 2.05) is 61.6 Å². The van der Waals surface area contributed by atoms with Gasteiger partial charge in [0.15, 0.2) is 11.6 Å². The third-order valence-corrected chi connectivity index (χ3v) is 9.92. The molecule has 0 spiro atoms. The monoisotopic (exact) mass is 639 g/mol. The molecule has 1 unspecified atom stereocenters. The first-order chi connectivity index (χ1) is 22.0. The van der Waals surface area contributed by atoms with E-state index in [9.17, 15) is 9.90 Å². The summed E-state index contributed by atoms with van der Waals surface area (Å²) in [6.45, 7) is 12.9. The van der Waals surface area contributed by atoms with E-state index in [0.29, 0.717) is 46.8 Å². The lowest BCUT2D eigenvalue weighted by atomic mass is 9.87. The van der Waals surface area contributed by atoms with Gasteiger partial charge in [0.2, 0.25) is 0 Å². The number of hydrogen-bond acceptors (Lipinski definition) is 6. The fourth-order valence-corrected chi connectivity index (χ4v) is 7.11. The van der Waals surface area contributed by atoms with E-state index in [1.54, 1.807) is 0 Å². The molecule has 3 aromatic heterocycles. The number of hydrogen-bond donors (Lipinski definition) is 1. The summed E-state index contributed by atoms with van der Waals surface area (Å²) in [5.41, 5.74) is 8.72. The van der Waals surface area contributed by atoms with Crippen LogP contribution < -0.4 is 4.74 Å². The molecule has 0 bridgehead atoms. The van der Waals surface area contributed by atoms with Crippen LogP contribution in [0.5, 0.6) is 5.75 Å². The summed E-state index contributed by atoms with van der Waals surface area (Å²) in [4.78, 5) is 17.8. The normalized spacial score (nSPS) is 14.0. The minimum Gasteiger partial charge on any atom is -0.490 e. The minimum absolute atomic E-state index is 0.104. The molecule has 5 aromatic rings. The van der Waals surface area contributed by atoms with Gasteiger partial charge in [-0.25, -0.2) is 13.8 Å². The number of aliphatic carboxylic acids is 1. The van der Waals surface area contributed by atoms with Crippen molar-refractivity contribution in [1.82, 2.24) is 19.3 Å². The van der Waals surface area contributed by atoms with Crippen LogP contribution in [0.1, 0.15) is 60.3 Å². The van der Waals surface area contributed by atoms with E-state index in [4.69, 9.17) is 14.1 Å². The molecule has 0 saturated heterocycles. The molecule has 0 amide bonds. The molecular formula is C36H38FN5O3S. The van der Waals surface area contributed by atoms with Crippen molar-refractivity contribution in [2.45, 2.75) is 53.4 Å². The van der Waals surface area contributed by atoms with Crippen LogP contribution in [-0.2, 0) is 31.7 Å². The van der Waals surface area contributed by atoms with Gasteiger partial charge in [0, 0.05) is 58.9 Å². The summed E-state index contributed by atoms with van der Waals surface area (Å²) in [7, 11) is 3.87. The van der Waals surface area contributed by atoms with Crippen molar-refractivity contribution in [3.05, 3.63) is 82.6 Å². The van der Waals surface area contributed by atoms with Crippen molar-refractivity contribution in [3.8, 4) is 16.9 Å². The average Bonchev–Trinajstić information content (AvgIpc) is 3.57. The molecule has 1 atom stereocenters. The predicted octanol–water partition coefficient (Wildman–Crippen LogP) is 7.99. The van der Waals surface area contributed by atoms with Gasteiger partial charge in [0.25, 0.3) is 0 Å². The number of fused-ring (bicyclic) bond motifs is 3. The molecule has 1 N–H and O–H groups in total. The highest BCUT2D eigenvalue weighted by atomic mass is 32.2. The van der Waals surface area contributed by atoms with Crippen molar-refractivity contribution < 1.29 is 19.0 Å². The number of benzene rings is 2. The van der Waals surface area contributed by atoms with Crippen LogP contribution in [0.25, 0.3) is 38.0 Å². The van der Waals surface area contributed by atoms with Gasteiger partial charge >= 0.3 is 5.97 Å². The van der Waals surface area contributed by atoms with E-state index in [-0.39, 0.29) is 12.3 Å². The number of carboxylic acid groups (broad SMARTS) is 1. The van der Waals surface area contributed by atoms with Crippen LogP contribution >= 0.6 is 11.9 Å². The Morgan fingerprint density at radius 2 is 2.02 bits per heavy atom. The lowest BCUT2D eigenvalue weighted by Gasteiger charge is -2.23. The average molecular weight is 640 g/mol. The first kappa shape index (κ1) is 31.5. The van der Waals surface area contributed by atoms with Gasteiger partial charge in [0.05, 0.1) is 36.1 Å². The second kappa shape index (κ2) is 12.4. The predicted molar refractivity (Wildman–Crippen MR) is 184 cm³/mol. The van der Waals surface area contributed by atoms with E-state index in [0.717, 1.165) is 62.1 Å². The molecule has 0 saturated carbocycles. The highest BCUT2D eigenvalue weighted by Crippen LogP contribution is 2.42. The number of rotatable bonds is 9. The summed E-state index contributed by atoms with van der Waals surface area (Å²) in [6, 6.07) is 9.66. The molecule has 1 aliphatic rings. The van der Waals surface area contributed by atoms with Crippen molar-refractivity contribution in [2.24, 2.45) is 24.4 Å². The third kappa shape index (κ3) is 5.48. The van der Waals surface area contributed by atoms with E-state index >= 15 is 4.39 Å². The molecule has 46 heavy (non-hydrogen) atoms. The first-order valence-corrected chi connectivity index (χ1v) is 16.3. The number of aryl methyl sites for hydroxylation is 3. The topological polar surface area (TPSA) is 94.5 Å². The molecule has 8 nitrogen and oxygen atoms in total. The van der Waals surface area contributed by atoms with Crippen molar-refractivity contribution >= 4 is 50.5 Å². The zero-order valence-corrected chi connectivity index (χ0v) is 27.9. The third-order valence-electron chi connectivity index (χ3n) is 9.18. The lowest BCUT2D eigenvalue weighted by molar-refractivity contribution is -0.136. The molecule has 1 aliphatic heterocycles. The second-order valence-corrected chi connectivity index (χ2v) is 12.9. The van der Waals surface area contributed by atoms with Gasteiger partial charge in [-0.1, -0.05) is 26.5 Å². The Labute approximate surface area is 272 Å². The number of halogens is 1. The standard InChI is InChI=1S/C36H38FN5O3S/c1-8-19(2)34(40-46-22(5)23-11-12-30-24(14-23)18-38-42(30)7)31-16-28-33(27(17-32(43)44)21(4)39-36(28)41(31)6)26-15-29(37)35-25(20(26)3)10-9-13-45-35/h11-12,14-16,18-19H,5,8-10,13,17H2,1-4,6-7H3,(H,43,44). The maximum Gasteiger partial charge on any atom is 0.307 e. The van der Waals surface area contributed by atoms with Crippen LogP contribution in [0.2, 0.25) is 0 Å². The Morgan fingerprint density at radius 3 is 2.76 bits per heavy atom. The number of aromatic nitrogens is 4. The van der Waals surface area contributed by atoms with Gasteiger partial charge < -0.3 is 14.4 Å². The van der Waals surface area contributed by atoms with Gasteiger partial charge in [-0.15, -0.1) is 0 Å². The van der Waals surface area contributed by atoms with Crippen LogP contribution in [0.4, 0.5) is 4.39 Å². The Hall–Kier alpha value is -4.44. The maximum absolute atomic E-state index is 15.6. The number of pyridine rings is 1. The quantitative estimate of drug-likeness (QED) is 0.130. The molecule has 10 heteroatoms. The Bertz CT molecular complexity index is 2080. The van der Waals surface area contributed by atoms with Crippen LogP contribution in [0.3, 0.4) is 0 Å². The van der Waals surface area contributed by atoms with E-state index in [1.165, 1.54) is 18.0 Å². The summed E-state index contributed by atoms with van der Waals surface area (Å²) in [6.07, 6.45) is 3.97. The number of ether oxygens (including phenoxy) is 1. The number of nitrogens with zero attached hydrogens (tertiary/aromatic N) is 5. The zero-order chi connectivity index (χ0) is 32.9. The fourth-order valence-electron chi connectivity index (χ4n) is 6.40. The van der Waals surface area contributed by atoms with Crippen molar-refractivity contribution in [3.63, 3.8) is 0 Å². The fraction of sp³-hybridized carbons (Fsp3) is 0.333. The van der Waals surface area contributed by atoms with E-state index < -0.39 is 11.8 Å². The molecule has 0 radical (unpaired) electrons.